The van der Waals surface area contributed by atoms with Crippen LogP contribution >= 0.6 is 0 Å². The highest BCUT2D eigenvalue weighted by Gasteiger charge is 2.13. The Bertz CT molecular complexity index is 1100. The Morgan fingerprint density at radius 1 is 0.893 bits per heavy atom. The number of nitrogens with one attached hydrogen (secondary N) is 2. The maximum absolute atomic E-state index is 4.84. The SMILES string of the molecule is Cc1cc(C)c(Nc2nc3cccc(NCc4ccccc4)c3n2C)c(C)c1. The van der Waals surface area contributed by atoms with E-state index in [2.05, 4.69) is 97.6 Å². The van der Waals surface area contributed by atoms with Gasteiger partial charge in [0.25, 0.3) is 0 Å². The molecule has 0 saturated carbocycles. The first kappa shape index (κ1) is 18.1. The van der Waals surface area contributed by atoms with Crippen LogP contribution in [0, 0.1) is 20.8 Å². The maximum atomic E-state index is 4.84. The normalized spacial score (nSPS) is 11.0. The summed E-state index contributed by atoms with van der Waals surface area (Å²) in [5.74, 6) is 0.846. The summed E-state index contributed by atoms with van der Waals surface area (Å²) in [6.45, 7) is 7.18. The molecule has 4 aromatic rings. The molecule has 4 rings (SSSR count). The molecule has 0 radical (unpaired) electrons. The molecular formula is C24H26N4. The molecule has 0 fully saturated rings. The molecule has 0 aliphatic rings. The van der Waals surface area contributed by atoms with Crippen molar-refractivity contribution in [2.45, 2.75) is 27.3 Å². The number of para-hydroxylation sites is 1. The highest BCUT2D eigenvalue weighted by Crippen LogP contribution is 2.30. The van der Waals surface area contributed by atoms with Gasteiger partial charge in [0.2, 0.25) is 5.95 Å². The number of nitrogens with zero attached hydrogens (tertiary/aromatic N) is 2. The number of fused-ring (bicyclic) bond motifs is 1. The molecule has 0 bridgehead atoms. The van der Waals surface area contributed by atoms with Crippen molar-refractivity contribution in [3.8, 4) is 0 Å². The highest BCUT2D eigenvalue weighted by molar-refractivity contribution is 5.91. The fourth-order valence-corrected chi connectivity index (χ4v) is 3.81. The Morgan fingerprint density at radius 2 is 1.61 bits per heavy atom. The lowest BCUT2D eigenvalue weighted by Gasteiger charge is -2.14. The minimum atomic E-state index is 0.782. The zero-order chi connectivity index (χ0) is 19.7. The predicted molar refractivity (Wildman–Crippen MR) is 118 cm³/mol. The van der Waals surface area contributed by atoms with E-state index in [0.717, 1.165) is 34.9 Å². The molecule has 3 aromatic carbocycles. The first-order valence-corrected chi connectivity index (χ1v) is 9.61. The molecule has 0 unspecified atom stereocenters. The van der Waals surface area contributed by atoms with E-state index in [0.29, 0.717) is 0 Å². The molecule has 0 aliphatic heterocycles. The Kier molecular flexibility index (Phi) is 4.78. The van der Waals surface area contributed by atoms with E-state index in [-0.39, 0.29) is 0 Å². The average Bonchev–Trinajstić information content (AvgIpc) is 3.00. The Balaban J connectivity index is 1.67. The number of benzene rings is 3. The van der Waals surface area contributed by atoms with Crippen LogP contribution in [-0.4, -0.2) is 9.55 Å². The lowest BCUT2D eigenvalue weighted by atomic mass is 10.1. The first-order valence-electron chi connectivity index (χ1n) is 9.61. The lowest BCUT2D eigenvalue weighted by Crippen LogP contribution is -2.04. The molecule has 0 saturated heterocycles. The van der Waals surface area contributed by atoms with Crippen molar-refractivity contribution < 1.29 is 0 Å². The van der Waals surface area contributed by atoms with Crippen LogP contribution < -0.4 is 10.6 Å². The number of rotatable bonds is 5. The second-order valence-electron chi connectivity index (χ2n) is 7.41. The van der Waals surface area contributed by atoms with Gasteiger partial charge in [-0.2, -0.15) is 0 Å². The van der Waals surface area contributed by atoms with Crippen molar-refractivity contribution in [1.82, 2.24) is 9.55 Å². The topological polar surface area (TPSA) is 41.9 Å². The van der Waals surface area contributed by atoms with Crippen LogP contribution in [0.5, 0.6) is 0 Å². The quantitative estimate of drug-likeness (QED) is 0.463. The van der Waals surface area contributed by atoms with Crippen molar-refractivity contribution in [3.05, 3.63) is 82.9 Å². The molecule has 142 valence electrons. The molecule has 0 atom stereocenters. The summed E-state index contributed by atoms with van der Waals surface area (Å²) in [4.78, 5) is 4.84. The highest BCUT2D eigenvalue weighted by atomic mass is 15.2. The first-order chi connectivity index (χ1) is 13.5. The van der Waals surface area contributed by atoms with Crippen LogP contribution in [0.25, 0.3) is 11.0 Å². The van der Waals surface area contributed by atoms with Crippen molar-refractivity contribution in [1.29, 1.82) is 0 Å². The maximum Gasteiger partial charge on any atom is 0.208 e. The van der Waals surface area contributed by atoms with E-state index in [1.165, 1.54) is 22.3 Å². The minimum absolute atomic E-state index is 0.782. The average molecular weight is 371 g/mol. The van der Waals surface area contributed by atoms with Gasteiger partial charge in [-0.1, -0.05) is 54.1 Å². The Hall–Kier alpha value is -3.27. The van der Waals surface area contributed by atoms with Gasteiger partial charge >= 0.3 is 0 Å². The zero-order valence-corrected chi connectivity index (χ0v) is 16.9. The largest absolute Gasteiger partial charge is 0.379 e. The van der Waals surface area contributed by atoms with Gasteiger partial charge in [-0.05, 0) is 49.6 Å². The van der Waals surface area contributed by atoms with E-state index in [1.807, 2.05) is 6.07 Å². The zero-order valence-electron chi connectivity index (χ0n) is 16.9. The van der Waals surface area contributed by atoms with Crippen molar-refractivity contribution >= 4 is 28.4 Å². The third-order valence-corrected chi connectivity index (χ3v) is 5.13. The van der Waals surface area contributed by atoms with E-state index in [1.54, 1.807) is 0 Å². The third-order valence-electron chi connectivity index (χ3n) is 5.13. The van der Waals surface area contributed by atoms with Crippen LogP contribution in [-0.2, 0) is 13.6 Å². The lowest BCUT2D eigenvalue weighted by molar-refractivity contribution is 0.955. The summed E-state index contributed by atoms with van der Waals surface area (Å²) < 4.78 is 2.13. The molecule has 1 aromatic heterocycles. The van der Waals surface area contributed by atoms with Gasteiger partial charge in [-0.15, -0.1) is 0 Å². The number of aryl methyl sites for hydroxylation is 4. The van der Waals surface area contributed by atoms with Gasteiger partial charge in [-0.3, -0.25) is 0 Å². The summed E-state index contributed by atoms with van der Waals surface area (Å²) in [7, 11) is 2.06. The Labute approximate surface area is 166 Å². The molecule has 4 nitrogen and oxygen atoms in total. The second kappa shape index (κ2) is 7.39. The van der Waals surface area contributed by atoms with Crippen molar-refractivity contribution in [2.24, 2.45) is 7.05 Å². The predicted octanol–water partition coefficient (Wildman–Crippen LogP) is 5.85. The monoisotopic (exact) mass is 370 g/mol. The number of anilines is 3. The van der Waals surface area contributed by atoms with Crippen LogP contribution in [0.2, 0.25) is 0 Å². The molecule has 4 heteroatoms. The van der Waals surface area contributed by atoms with Crippen LogP contribution in [0.4, 0.5) is 17.3 Å². The summed E-state index contributed by atoms with van der Waals surface area (Å²) in [5, 5.41) is 7.11. The van der Waals surface area contributed by atoms with Gasteiger partial charge in [0.1, 0.15) is 0 Å². The number of aromatic nitrogens is 2. The molecule has 28 heavy (non-hydrogen) atoms. The van der Waals surface area contributed by atoms with Gasteiger partial charge in [0, 0.05) is 19.3 Å². The summed E-state index contributed by atoms with van der Waals surface area (Å²) in [6, 6.07) is 21.1. The van der Waals surface area contributed by atoms with E-state index >= 15 is 0 Å². The van der Waals surface area contributed by atoms with Crippen LogP contribution in [0.1, 0.15) is 22.3 Å². The molecule has 0 spiro atoms. The Morgan fingerprint density at radius 3 is 2.32 bits per heavy atom. The summed E-state index contributed by atoms with van der Waals surface area (Å²) >= 11 is 0. The summed E-state index contributed by atoms with van der Waals surface area (Å²) in [6.07, 6.45) is 0. The van der Waals surface area contributed by atoms with E-state index in [9.17, 15) is 0 Å². The van der Waals surface area contributed by atoms with Gasteiger partial charge in [-0.25, -0.2) is 4.98 Å². The standard InChI is InChI=1S/C24H26N4/c1-16-13-17(2)22(18(3)14-16)27-24-26-21-12-8-11-20(23(21)28(24)4)25-15-19-9-6-5-7-10-19/h5-14,25H,15H2,1-4H3,(H,26,27). The summed E-state index contributed by atoms with van der Waals surface area (Å²) in [5.41, 5.74) is 9.28. The fraction of sp³-hybridized carbons (Fsp3) is 0.208. The number of hydrogen-bond acceptors (Lipinski definition) is 3. The van der Waals surface area contributed by atoms with Crippen LogP contribution in [0.3, 0.4) is 0 Å². The van der Waals surface area contributed by atoms with E-state index in [4.69, 9.17) is 4.98 Å². The van der Waals surface area contributed by atoms with Crippen LogP contribution in [0.15, 0.2) is 60.7 Å². The molecule has 1 heterocycles. The van der Waals surface area contributed by atoms with Gasteiger partial charge in [0.05, 0.1) is 16.7 Å². The number of imidazole rings is 1. The molecule has 0 aliphatic carbocycles. The van der Waals surface area contributed by atoms with Gasteiger partial charge in [0.15, 0.2) is 0 Å². The molecular weight excluding hydrogens is 344 g/mol. The number of hydrogen-bond donors (Lipinski definition) is 2. The van der Waals surface area contributed by atoms with Crippen molar-refractivity contribution in [3.63, 3.8) is 0 Å². The molecule has 0 amide bonds. The van der Waals surface area contributed by atoms with Gasteiger partial charge < -0.3 is 15.2 Å². The van der Waals surface area contributed by atoms with E-state index < -0.39 is 0 Å². The minimum Gasteiger partial charge on any atom is -0.379 e. The molecule has 2 N–H and O–H groups in total. The smallest absolute Gasteiger partial charge is 0.208 e. The third kappa shape index (κ3) is 3.46. The van der Waals surface area contributed by atoms with Crippen molar-refractivity contribution in [2.75, 3.05) is 10.6 Å². The fourth-order valence-electron chi connectivity index (χ4n) is 3.81. The second-order valence-corrected chi connectivity index (χ2v) is 7.41.